The monoisotopic (exact) mass is 288 g/mol. The Morgan fingerprint density at radius 3 is 3.00 bits per heavy atom. The molecule has 1 aliphatic rings. The Balaban J connectivity index is 1.96. The molecule has 7 nitrogen and oxygen atoms in total. The third kappa shape index (κ3) is 2.33. The maximum Gasteiger partial charge on any atom is 0.264 e. The number of nitriles is 1. The Hall–Kier alpha value is -2.17. The molecule has 2 aromatic heterocycles. The number of hydrogen-bond donors (Lipinski definition) is 0. The Morgan fingerprint density at radius 1 is 1.52 bits per heavy atom. The number of aromatic nitrogens is 3. The van der Waals surface area contributed by atoms with Gasteiger partial charge in [0, 0.05) is 26.3 Å². The molecule has 1 unspecified atom stereocenters. The van der Waals surface area contributed by atoms with Crippen molar-refractivity contribution in [3.63, 3.8) is 0 Å². The predicted octanol–water partition coefficient (Wildman–Crippen LogP) is 1.60. The van der Waals surface area contributed by atoms with Gasteiger partial charge in [-0.25, -0.2) is 0 Å². The van der Waals surface area contributed by atoms with Crippen LogP contribution in [0.4, 0.5) is 0 Å². The van der Waals surface area contributed by atoms with E-state index >= 15 is 0 Å². The summed E-state index contributed by atoms with van der Waals surface area (Å²) in [5.41, 5.74) is 0.607. The summed E-state index contributed by atoms with van der Waals surface area (Å²) in [6.07, 6.45) is 2.41. The minimum Gasteiger partial charge on any atom is -0.416 e. The van der Waals surface area contributed by atoms with Gasteiger partial charge in [0.25, 0.3) is 11.8 Å². The van der Waals surface area contributed by atoms with Crippen molar-refractivity contribution in [1.82, 2.24) is 14.8 Å². The number of aryl methyl sites for hydroxylation is 1. The Kier molecular flexibility index (Phi) is 3.49. The molecule has 1 aliphatic heterocycles. The van der Waals surface area contributed by atoms with Crippen molar-refractivity contribution in [3.8, 4) is 17.7 Å². The standard InChI is InChI=1S/C14H16N4O3/c1-3-20-14(4-5-19-9-14)13-17-16-12(21-13)11-6-10(7-15)8-18(11)2/h6,8H,3-5,9H2,1-2H3. The van der Waals surface area contributed by atoms with Gasteiger partial charge in [0.05, 0.1) is 18.8 Å². The molecule has 0 radical (unpaired) electrons. The molecule has 0 amide bonds. The zero-order chi connectivity index (χ0) is 14.9. The van der Waals surface area contributed by atoms with Crippen LogP contribution in [-0.2, 0) is 22.1 Å². The number of ether oxygens (including phenoxy) is 2. The van der Waals surface area contributed by atoms with Crippen LogP contribution in [0.2, 0.25) is 0 Å². The molecule has 110 valence electrons. The molecule has 1 atom stereocenters. The average Bonchev–Trinajstić information content (AvgIpc) is 3.17. The highest BCUT2D eigenvalue weighted by Crippen LogP contribution is 2.35. The molecule has 3 rings (SSSR count). The lowest BCUT2D eigenvalue weighted by molar-refractivity contribution is -0.0657. The van der Waals surface area contributed by atoms with Gasteiger partial charge < -0.3 is 18.5 Å². The van der Waals surface area contributed by atoms with Crippen LogP contribution in [0.15, 0.2) is 16.7 Å². The smallest absolute Gasteiger partial charge is 0.264 e. The first kappa shape index (κ1) is 13.8. The number of rotatable bonds is 4. The summed E-state index contributed by atoms with van der Waals surface area (Å²) in [7, 11) is 1.83. The molecule has 2 aromatic rings. The average molecular weight is 288 g/mol. The molecule has 0 aliphatic carbocycles. The molecule has 0 N–H and O–H groups in total. The summed E-state index contributed by atoms with van der Waals surface area (Å²) in [4.78, 5) is 0. The molecular formula is C14H16N4O3. The maximum absolute atomic E-state index is 8.94. The van der Waals surface area contributed by atoms with Crippen molar-refractivity contribution < 1.29 is 13.9 Å². The van der Waals surface area contributed by atoms with Gasteiger partial charge in [-0.1, -0.05) is 0 Å². The van der Waals surface area contributed by atoms with Crippen LogP contribution < -0.4 is 0 Å². The van der Waals surface area contributed by atoms with Crippen molar-refractivity contribution in [1.29, 1.82) is 5.26 Å². The molecule has 1 fully saturated rings. The summed E-state index contributed by atoms with van der Waals surface area (Å²) in [5.74, 6) is 0.802. The van der Waals surface area contributed by atoms with Gasteiger partial charge in [-0.2, -0.15) is 5.26 Å². The van der Waals surface area contributed by atoms with Crippen molar-refractivity contribution in [2.45, 2.75) is 18.9 Å². The van der Waals surface area contributed by atoms with Crippen LogP contribution in [0.3, 0.4) is 0 Å². The normalized spacial score (nSPS) is 21.6. The van der Waals surface area contributed by atoms with Gasteiger partial charge >= 0.3 is 0 Å². The van der Waals surface area contributed by atoms with Gasteiger partial charge in [-0.3, -0.25) is 0 Å². The van der Waals surface area contributed by atoms with Crippen LogP contribution in [0.25, 0.3) is 11.6 Å². The maximum atomic E-state index is 8.94. The largest absolute Gasteiger partial charge is 0.416 e. The minimum atomic E-state index is -0.650. The lowest BCUT2D eigenvalue weighted by Crippen LogP contribution is -2.30. The molecule has 0 spiro atoms. The fourth-order valence-corrected chi connectivity index (χ4v) is 2.52. The second-order valence-corrected chi connectivity index (χ2v) is 4.98. The topological polar surface area (TPSA) is 86.1 Å². The second-order valence-electron chi connectivity index (χ2n) is 4.98. The Morgan fingerprint density at radius 2 is 2.38 bits per heavy atom. The Bertz CT molecular complexity index is 677. The van der Waals surface area contributed by atoms with Crippen LogP contribution >= 0.6 is 0 Å². The van der Waals surface area contributed by atoms with Gasteiger partial charge in [0.15, 0.2) is 5.60 Å². The lowest BCUT2D eigenvalue weighted by Gasteiger charge is -2.22. The minimum absolute atomic E-state index is 0.375. The SMILES string of the molecule is CCOC1(c2nnc(-c3cc(C#N)cn3C)o2)CCOC1. The number of nitrogens with zero attached hydrogens (tertiary/aromatic N) is 4. The zero-order valence-electron chi connectivity index (χ0n) is 12.0. The van der Waals surface area contributed by atoms with Crippen LogP contribution in [0, 0.1) is 11.3 Å². The van der Waals surface area contributed by atoms with E-state index in [0.717, 1.165) is 0 Å². The van der Waals surface area contributed by atoms with Crippen molar-refractivity contribution in [2.24, 2.45) is 7.05 Å². The van der Waals surface area contributed by atoms with E-state index in [1.807, 2.05) is 14.0 Å². The molecule has 1 saturated heterocycles. The third-order valence-electron chi connectivity index (χ3n) is 3.57. The highest BCUT2D eigenvalue weighted by molar-refractivity contribution is 5.52. The van der Waals surface area contributed by atoms with Crippen LogP contribution in [0.5, 0.6) is 0 Å². The van der Waals surface area contributed by atoms with E-state index in [4.69, 9.17) is 19.2 Å². The molecular weight excluding hydrogens is 272 g/mol. The van der Waals surface area contributed by atoms with Crippen LogP contribution in [-0.4, -0.2) is 34.6 Å². The summed E-state index contributed by atoms with van der Waals surface area (Å²) >= 11 is 0. The molecule has 0 saturated carbocycles. The molecule has 7 heteroatoms. The zero-order valence-corrected chi connectivity index (χ0v) is 12.0. The van der Waals surface area contributed by atoms with Crippen molar-refractivity contribution >= 4 is 0 Å². The quantitative estimate of drug-likeness (QED) is 0.849. The molecule has 0 bridgehead atoms. The first-order chi connectivity index (χ1) is 10.2. The summed E-state index contributed by atoms with van der Waals surface area (Å²) in [6.45, 7) is 3.50. The van der Waals surface area contributed by atoms with E-state index < -0.39 is 5.60 Å². The first-order valence-electron chi connectivity index (χ1n) is 6.81. The lowest BCUT2D eigenvalue weighted by atomic mass is 10.0. The molecule has 0 aromatic carbocycles. The summed E-state index contributed by atoms with van der Waals surface area (Å²) in [5, 5.41) is 17.2. The van der Waals surface area contributed by atoms with Crippen molar-refractivity contribution in [2.75, 3.05) is 19.8 Å². The fraction of sp³-hybridized carbons (Fsp3) is 0.500. The predicted molar refractivity (Wildman–Crippen MR) is 72.2 cm³/mol. The second kappa shape index (κ2) is 5.31. The van der Waals surface area contributed by atoms with Crippen LogP contribution in [0.1, 0.15) is 24.8 Å². The van der Waals surface area contributed by atoms with Gasteiger partial charge in [-0.05, 0) is 13.0 Å². The van der Waals surface area contributed by atoms with E-state index in [9.17, 15) is 0 Å². The molecule has 21 heavy (non-hydrogen) atoms. The Labute approximate surface area is 122 Å². The van der Waals surface area contributed by atoms with E-state index in [2.05, 4.69) is 16.3 Å². The van der Waals surface area contributed by atoms with Gasteiger partial charge in [-0.15, -0.1) is 10.2 Å². The highest BCUT2D eigenvalue weighted by atomic mass is 16.6. The number of hydrogen-bond acceptors (Lipinski definition) is 6. The van der Waals surface area contributed by atoms with Crippen molar-refractivity contribution in [3.05, 3.63) is 23.7 Å². The summed E-state index contributed by atoms with van der Waals surface area (Å²) in [6, 6.07) is 3.81. The third-order valence-corrected chi connectivity index (χ3v) is 3.57. The molecule has 3 heterocycles. The van der Waals surface area contributed by atoms with E-state index in [1.165, 1.54) is 0 Å². The van der Waals surface area contributed by atoms with Gasteiger partial charge in [0.2, 0.25) is 0 Å². The van der Waals surface area contributed by atoms with E-state index in [1.54, 1.807) is 16.8 Å². The van der Waals surface area contributed by atoms with E-state index in [0.29, 0.717) is 49.3 Å². The van der Waals surface area contributed by atoms with E-state index in [-0.39, 0.29) is 0 Å². The summed E-state index contributed by atoms with van der Waals surface area (Å²) < 4.78 is 18.8. The van der Waals surface area contributed by atoms with Gasteiger partial charge in [0.1, 0.15) is 11.8 Å². The fourth-order valence-electron chi connectivity index (χ4n) is 2.52. The first-order valence-corrected chi connectivity index (χ1v) is 6.81. The highest BCUT2D eigenvalue weighted by Gasteiger charge is 2.43.